The van der Waals surface area contributed by atoms with E-state index in [-0.39, 0.29) is 43.6 Å². The van der Waals surface area contributed by atoms with Crippen LogP contribution in [0.4, 0.5) is 20.6 Å². The number of nitrogens with zero attached hydrogens (tertiary/aromatic N) is 3. The van der Waals surface area contributed by atoms with Crippen molar-refractivity contribution in [1.29, 1.82) is 0 Å². The summed E-state index contributed by atoms with van der Waals surface area (Å²) in [5.74, 6) is -0.406. The lowest BCUT2D eigenvalue weighted by Gasteiger charge is -2.25. The maximum absolute atomic E-state index is 13.2. The highest BCUT2D eigenvalue weighted by molar-refractivity contribution is 6.01. The predicted molar refractivity (Wildman–Crippen MR) is 117 cm³/mol. The van der Waals surface area contributed by atoms with Crippen LogP contribution in [-0.4, -0.2) is 60.1 Å². The first-order valence-corrected chi connectivity index (χ1v) is 10.6. The van der Waals surface area contributed by atoms with E-state index in [2.05, 4.69) is 5.32 Å². The van der Waals surface area contributed by atoms with E-state index in [1.807, 2.05) is 13.0 Å². The Labute approximate surface area is 185 Å². The third-order valence-electron chi connectivity index (χ3n) is 5.41. The van der Waals surface area contributed by atoms with Crippen molar-refractivity contribution in [3.63, 3.8) is 0 Å². The fourth-order valence-electron chi connectivity index (χ4n) is 3.60. The number of nitrogens with one attached hydrogen (secondary N) is 1. The van der Waals surface area contributed by atoms with Crippen LogP contribution in [0.15, 0.2) is 48.5 Å². The Morgan fingerprint density at radius 2 is 1.88 bits per heavy atom. The van der Waals surface area contributed by atoms with E-state index >= 15 is 0 Å². The lowest BCUT2D eigenvalue weighted by molar-refractivity contribution is -0.132. The number of carbonyl (C=O) groups excluding carboxylic acids is 3. The predicted octanol–water partition coefficient (Wildman–Crippen LogP) is 3.05. The highest BCUT2D eigenvalue weighted by Crippen LogP contribution is 2.30. The molecule has 0 unspecified atom stereocenters. The van der Waals surface area contributed by atoms with Gasteiger partial charge >= 0.3 is 6.03 Å². The summed E-state index contributed by atoms with van der Waals surface area (Å²) in [5, 5.41) is 2.84. The molecule has 0 atom stereocenters. The molecule has 4 rings (SSSR count). The van der Waals surface area contributed by atoms with E-state index in [0.29, 0.717) is 23.7 Å². The fraction of sp³-hybridized carbons (Fsp3) is 0.348. The molecule has 1 saturated heterocycles. The molecule has 1 saturated carbocycles. The van der Waals surface area contributed by atoms with E-state index < -0.39 is 5.82 Å². The Morgan fingerprint density at radius 1 is 1.16 bits per heavy atom. The van der Waals surface area contributed by atoms with E-state index in [1.54, 1.807) is 18.2 Å². The molecule has 0 radical (unpaired) electrons. The first-order valence-electron chi connectivity index (χ1n) is 10.6. The van der Waals surface area contributed by atoms with Gasteiger partial charge in [-0.1, -0.05) is 12.1 Å². The van der Waals surface area contributed by atoms with Gasteiger partial charge in [0.05, 0.1) is 12.3 Å². The van der Waals surface area contributed by atoms with Crippen LogP contribution in [0.2, 0.25) is 0 Å². The first-order chi connectivity index (χ1) is 15.5. The Kier molecular flexibility index (Phi) is 6.25. The topological polar surface area (TPSA) is 82.2 Å². The van der Waals surface area contributed by atoms with Gasteiger partial charge in [0.25, 0.3) is 0 Å². The maximum Gasteiger partial charge on any atom is 0.322 e. The second-order valence-electron chi connectivity index (χ2n) is 7.75. The maximum atomic E-state index is 13.2. The van der Waals surface area contributed by atoms with Crippen LogP contribution in [0.25, 0.3) is 0 Å². The molecule has 0 aromatic heterocycles. The van der Waals surface area contributed by atoms with Gasteiger partial charge in [0.15, 0.2) is 0 Å². The Bertz CT molecular complexity index is 1010. The number of halogens is 1. The Balaban J connectivity index is 1.41. The quantitative estimate of drug-likeness (QED) is 0.718. The van der Waals surface area contributed by atoms with Gasteiger partial charge in [0, 0.05) is 11.7 Å². The number of amides is 4. The average Bonchev–Trinajstić information content (AvgIpc) is 3.55. The molecule has 1 aliphatic carbocycles. The number of para-hydroxylation sites is 2. The molecule has 0 bridgehead atoms. The number of anilines is 2. The first kappa shape index (κ1) is 21.6. The van der Waals surface area contributed by atoms with Gasteiger partial charge < -0.3 is 19.9 Å². The van der Waals surface area contributed by atoms with Crippen molar-refractivity contribution >= 4 is 29.2 Å². The summed E-state index contributed by atoms with van der Waals surface area (Å²) in [6.45, 7) is 2.18. The van der Waals surface area contributed by atoms with Crippen molar-refractivity contribution in [3.05, 3.63) is 54.3 Å². The van der Waals surface area contributed by atoms with Crippen molar-refractivity contribution in [2.75, 3.05) is 36.6 Å². The largest absolute Gasteiger partial charge is 0.492 e. The summed E-state index contributed by atoms with van der Waals surface area (Å²) < 4.78 is 18.7. The average molecular weight is 440 g/mol. The van der Waals surface area contributed by atoms with Crippen LogP contribution in [0, 0.1) is 5.82 Å². The summed E-state index contributed by atoms with van der Waals surface area (Å²) in [6, 6.07) is 12.3. The second-order valence-corrected chi connectivity index (χ2v) is 7.75. The molecule has 168 valence electrons. The monoisotopic (exact) mass is 440 g/mol. The molecule has 1 N–H and O–H groups in total. The number of hydrogen-bond acceptors (Lipinski definition) is 4. The molecule has 1 aliphatic heterocycles. The van der Waals surface area contributed by atoms with Gasteiger partial charge in [-0.15, -0.1) is 0 Å². The Morgan fingerprint density at radius 3 is 2.56 bits per heavy atom. The number of rotatable bonds is 7. The van der Waals surface area contributed by atoms with Crippen LogP contribution in [0.5, 0.6) is 5.75 Å². The zero-order chi connectivity index (χ0) is 22.7. The highest BCUT2D eigenvalue weighted by Gasteiger charge is 2.38. The fourth-order valence-corrected chi connectivity index (χ4v) is 3.60. The molecule has 0 spiro atoms. The van der Waals surface area contributed by atoms with E-state index in [1.165, 1.54) is 39.0 Å². The molecule has 2 aliphatic rings. The molecule has 4 amide bonds. The van der Waals surface area contributed by atoms with Gasteiger partial charge in [0.1, 0.15) is 31.3 Å². The lowest BCUT2D eigenvalue weighted by Crippen LogP contribution is -2.45. The van der Waals surface area contributed by atoms with E-state index in [4.69, 9.17) is 4.74 Å². The number of ether oxygens (including phenoxy) is 1. The summed E-state index contributed by atoms with van der Waals surface area (Å²) in [4.78, 5) is 42.6. The summed E-state index contributed by atoms with van der Waals surface area (Å²) >= 11 is 0. The molecular weight excluding hydrogens is 415 g/mol. The summed E-state index contributed by atoms with van der Waals surface area (Å²) in [5.41, 5.74) is 1.06. The van der Waals surface area contributed by atoms with E-state index in [9.17, 15) is 18.8 Å². The third kappa shape index (κ3) is 4.82. The molecule has 9 heteroatoms. The van der Waals surface area contributed by atoms with Gasteiger partial charge in [-0.25, -0.2) is 9.18 Å². The van der Waals surface area contributed by atoms with Crippen molar-refractivity contribution in [1.82, 2.24) is 9.80 Å². The van der Waals surface area contributed by atoms with Crippen molar-refractivity contribution in [3.8, 4) is 5.75 Å². The zero-order valence-electron chi connectivity index (χ0n) is 17.8. The number of urea groups is 1. The van der Waals surface area contributed by atoms with Gasteiger partial charge in [-0.2, -0.15) is 0 Å². The molecule has 2 fully saturated rings. The van der Waals surface area contributed by atoms with Crippen LogP contribution in [0.1, 0.15) is 19.8 Å². The lowest BCUT2D eigenvalue weighted by atomic mass is 10.3. The van der Waals surface area contributed by atoms with Crippen LogP contribution in [0.3, 0.4) is 0 Å². The molecule has 32 heavy (non-hydrogen) atoms. The van der Waals surface area contributed by atoms with Crippen LogP contribution >= 0.6 is 0 Å². The summed E-state index contributed by atoms with van der Waals surface area (Å²) in [7, 11) is 0. The van der Waals surface area contributed by atoms with Crippen LogP contribution in [-0.2, 0) is 9.59 Å². The molecule has 2 aromatic rings. The van der Waals surface area contributed by atoms with Crippen molar-refractivity contribution in [2.24, 2.45) is 0 Å². The number of carbonyl (C=O) groups is 3. The standard InChI is InChI=1S/C23H25FN4O4/c1-2-32-20-6-4-3-5-19(20)25-23(31)27(17-11-12-17)14-21(29)26-13-22(30)28(15-26)18-9-7-16(24)8-10-18/h3-10,17H,2,11-15H2,1H3,(H,25,31). The minimum absolute atomic E-state index is 0.00953. The zero-order valence-corrected chi connectivity index (χ0v) is 17.8. The van der Waals surface area contributed by atoms with Crippen LogP contribution < -0.4 is 15.0 Å². The van der Waals surface area contributed by atoms with Gasteiger partial charge in [0.2, 0.25) is 11.8 Å². The SMILES string of the molecule is CCOc1ccccc1NC(=O)N(CC(=O)N1CC(=O)N(c2ccc(F)cc2)C1)C1CC1. The highest BCUT2D eigenvalue weighted by atomic mass is 19.1. The third-order valence-corrected chi connectivity index (χ3v) is 5.41. The minimum atomic E-state index is -0.398. The number of benzene rings is 2. The van der Waals surface area contributed by atoms with Gasteiger partial charge in [-0.05, 0) is 56.2 Å². The van der Waals surface area contributed by atoms with E-state index in [0.717, 1.165) is 12.8 Å². The Hall–Kier alpha value is -3.62. The minimum Gasteiger partial charge on any atom is -0.492 e. The smallest absolute Gasteiger partial charge is 0.322 e. The van der Waals surface area contributed by atoms with Crippen molar-refractivity contribution < 1.29 is 23.5 Å². The molecule has 1 heterocycles. The normalized spacial score (nSPS) is 15.6. The summed E-state index contributed by atoms with van der Waals surface area (Å²) in [6.07, 6.45) is 1.66. The molecular formula is C23H25FN4O4. The van der Waals surface area contributed by atoms with Crippen molar-refractivity contribution in [2.45, 2.75) is 25.8 Å². The second kappa shape index (κ2) is 9.25. The molecule has 2 aromatic carbocycles. The molecule has 8 nitrogen and oxygen atoms in total. The number of hydrogen-bond donors (Lipinski definition) is 1. The van der Waals surface area contributed by atoms with Gasteiger partial charge in [-0.3, -0.25) is 14.5 Å².